The Kier molecular flexibility index (Phi) is 6.41. The van der Waals surface area contributed by atoms with E-state index in [9.17, 15) is 4.79 Å². The maximum Gasteiger partial charge on any atom is 0.228 e. The van der Waals surface area contributed by atoms with Crippen molar-refractivity contribution in [1.29, 1.82) is 0 Å². The Morgan fingerprint density at radius 2 is 1.79 bits per heavy atom. The van der Waals surface area contributed by atoms with Gasteiger partial charge in [0.05, 0.1) is 5.92 Å². The van der Waals surface area contributed by atoms with Crippen molar-refractivity contribution < 1.29 is 4.79 Å². The minimum atomic E-state index is -0.104. The highest BCUT2D eigenvalue weighted by molar-refractivity contribution is 5.85. The molecule has 0 saturated carbocycles. The predicted octanol–water partition coefficient (Wildman–Crippen LogP) is 3.77. The first-order chi connectivity index (χ1) is 11.1. The molecule has 3 rings (SSSR count). The van der Waals surface area contributed by atoms with Gasteiger partial charge < -0.3 is 10.6 Å². The van der Waals surface area contributed by atoms with E-state index in [1.54, 1.807) is 0 Å². The summed E-state index contributed by atoms with van der Waals surface area (Å²) in [5.41, 5.74) is 4.96. The van der Waals surface area contributed by atoms with Crippen LogP contribution in [0.3, 0.4) is 0 Å². The molecule has 1 heterocycles. The third-order valence-corrected chi connectivity index (χ3v) is 4.48. The zero-order valence-corrected chi connectivity index (χ0v) is 15.0. The molecular formula is C20H25ClN2O. The second-order valence-electron chi connectivity index (χ2n) is 6.56. The molecule has 1 amide bonds. The Morgan fingerprint density at radius 1 is 1.08 bits per heavy atom. The molecule has 2 N–H and O–H groups in total. The van der Waals surface area contributed by atoms with Crippen LogP contribution in [0, 0.1) is 5.92 Å². The van der Waals surface area contributed by atoms with Gasteiger partial charge in [-0.2, -0.15) is 0 Å². The molecular weight excluding hydrogens is 320 g/mol. The van der Waals surface area contributed by atoms with E-state index in [1.165, 1.54) is 11.1 Å². The van der Waals surface area contributed by atoms with E-state index in [4.69, 9.17) is 0 Å². The third-order valence-electron chi connectivity index (χ3n) is 4.48. The lowest BCUT2D eigenvalue weighted by Crippen LogP contribution is -2.31. The Hall–Kier alpha value is -1.84. The van der Waals surface area contributed by atoms with Crippen molar-refractivity contribution in [3.63, 3.8) is 0 Å². The summed E-state index contributed by atoms with van der Waals surface area (Å²) in [4.78, 5) is 12.7. The molecule has 0 radical (unpaired) electrons. The molecule has 1 aliphatic rings. The van der Waals surface area contributed by atoms with E-state index < -0.39 is 0 Å². The summed E-state index contributed by atoms with van der Waals surface area (Å²) in [6.45, 7) is 6.65. The number of hydrogen-bond acceptors (Lipinski definition) is 2. The molecule has 0 bridgehead atoms. The zero-order chi connectivity index (χ0) is 16.2. The van der Waals surface area contributed by atoms with Gasteiger partial charge in [-0.1, -0.05) is 62.4 Å². The van der Waals surface area contributed by atoms with Gasteiger partial charge >= 0.3 is 0 Å². The number of carbonyl (C=O) groups excluding carboxylic acids is 1. The molecule has 0 saturated heterocycles. The molecule has 24 heavy (non-hydrogen) atoms. The quantitative estimate of drug-likeness (QED) is 0.867. The van der Waals surface area contributed by atoms with Gasteiger partial charge in [0.1, 0.15) is 0 Å². The number of benzene rings is 2. The van der Waals surface area contributed by atoms with Crippen molar-refractivity contribution in [3.05, 3.63) is 70.8 Å². The summed E-state index contributed by atoms with van der Waals surface area (Å²) in [7, 11) is 0. The molecule has 2 aromatic carbocycles. The van der Waals surface area contributed by atoms with Crippen LogP contribution >= 0.6 is 12.4 Å². The van der Waals surface area contributed by atoms with Crippen LogP contribution in [-0.2, 0) is 24.4 Å². The number of hydrogen-bond donors (Lipinski definition) is 2. The number of nitrogens with one attached hydrogen (secondary N) is 2. The number of carbonyl (C=O) groups is 1. The number of halogens is 1. The summed E-state index contributed by atoms with van der Waals surface area (Å²) in [6.07, 6.45) is 0. The second-order valence-corrected chi connectivity index (χ2v) is 6.56. The number of rotatable bonds is 5. The lowest BCUT2D eigenvalue weighted by molar-refractivity contribution is -0.123. The monoisotopic (exact) mass is 344 g/mol. The number of fused-ring (bicyclic) bond motifs is 1. The van der Waals surface area contributed by atoms with E-state index in [2.05, 4.69) is 42.7 Å². The van der Waals surface area contributed by atoms with Crippen LogP contribution in [-0.4, -0.2) is 5.91 Å². The Balaban J connectivity index is 0.00000208. The minimum Gasteiger partial charge on any atom is -0.351 e. The fourth-order valence-corrected chi connectivity index (χ4v) is 3.26. The van der Waals surface area contributed by atoms with Crippen molar-refractivity contribution in [2.45, 2.75) is 39.4 Å². The van der Waals surface area contributed by atoms with Gasteiger partial charge in [0.15, 0.2) is 0 Å². The SMILES string of the molecule is CC(C)C(C(=O)NCc1ccc2c(c1)CNC2)c1ccccc1.Cl. The van der Waals surface area contributed by atoms with E-state index >= 15 is 0 Å². The highest BCUT2D eigenvalue weighted by atomic mass is 35.5. The highest BCUT2D eigenvalue weighted by Gasteiger charge is 2.23. The Bertz CT molecular complexity index is 685. The first kappa shape index (κ1) is 18.5. The van der Waals surface area contributed by atoms with Gasteiger partial charge in [-0.15, -0.1) is 12.4 Å². The molecule has 1 unspecified atom stereocenters. The fourth-order valence-electron chi connectivity index (χ4n) is 3.26. The van der Waals surface area contributed by atoms with E-state index in [1.807, 2.05) is 30.3 Å². The maximum absolute atomic E-state index is 12.7. The largest absolute Gasteiger partial charge is 0.351 e. The van der Waals surface area contributed by atoms with Crippen molar-refractivity contribution in [2.75, 3.05) is 0 Å². The summed E-state index contributed by atoms with van der Waals surface area (Å²) >= 11 is 0. The van der Waals surface area contributed by atoms with Gasteiger partial charge in [0, 0.05) is 19.6 Å². The zero-order valence-electron chi connectivity index (χ0n) is 14.2. The first-order valence-electron chi connectivity index (χ1n) is 8.29. The fraction of sp³-hybridized carbons (Fsp3) is 0.350. The predicted molar refractivity (Wildman–Crippen MR) is 100 cm³/mol. The van der Waals surface area contributed by atoms with Crippen LogP contribution in [0.25, 0.3) is 0 Å². The molecule has 0 fully saturated rings. The van der Waals surface area contributed by atoms with Crippen molar-refractivity contribution in [2.24, 2.45) is 5.92 Å². The standard InChI is InChI=1S/C20H24N2O.ClH/c1-14(2)19(16-6-4-3-5-7-16)20(23)22-11-15-8-9-17-12-21-13-18(17)10-15;/h3-10,14,19,21H,11-13H2,1-2H3,(H,22,23);1H. The topological polar surface area (TPSA) is 41.1 Å². The van der Waals surface area contributed by atoms with Crippen molar-refractivity contribution in [3.8, 4) is 0 Å². The molecule has 0 aromatic heterocycles. The lowest BCUT2D eigenvalue weighted by atomic mass is 9.87. The maximum atomic E-state index is 12.7. The van der Waals surface area contributed by atoms with Crippen LogP contribution in [0.2, 0.25) is 0 Å². The minimum absolute atomic E-state index is 0. The number of amides is 1. The van der Waals surface area contributed by atoms with Crippen LogP contribution in [0.4, 0.5) is 0 Å². The average molecular weight is 345 g/mol. The molecule has 128 valence electrons. The highest BCUT2D eigenvalue weighted by Crippen LogP contribution is 2.24. The van der Waals surface area contributed by atoms with Crippen LogP contribution in [0.1, 0.15) is 42.0 Å². The van der Waals surface area contributed by atoms with Gasteiger partial charge in [0.25, 0.3) is 0 Å². The normalized spacial score (nSPS) is 14.0. The van der Waals surface area contributed by atoms with Crippen LogP contribution in [0.5, 0.6) is 0 Å². The molecule has 1 aliphatic heterocycles. The van der Waals surface area contributed by atoms with E-state index in [-0.39, 0.29) is 30.2 Å². The summed E-state index contributed by atoms with van der Waals surface area (Å²) in [5.74, 6) is 0.263. The van der Waals surface area contributed by atoms with Gasteiger partial charge in [-0.25, -0.2) is 0 Å². The van der Waals surface area contributed by atoms with Gasteiger partial charge in [-0.05, 0) is 28.2 Å². The summed E-state index contributed by atoms with van der Waals surface area (Å²) in [5, 5.41) is 6.46. The second kappa shape index (κ2) is 8.32. The Labute approximate surface area is 150 Å². The summed E-state index contributed by atoms with van der Waals surface area (Å²) < 4.78 is 0. The molecule has 2 aromatic rings. The third kappa shape index (κ3) is 4.16. The van der Waals surface area contributed by atoms with Crippen LogP contribution < -0.4 is 10.6 Å². The average Bonchev–Trinajstić information content (AvgIpc) is 3.01. The van der Waals surface area contributed by atoms with Crippen LogP contribution in [0.15, 0.2) is 48.5 Å². The van der Waals surface area contributed by atoms with Gasteiger partial charge in [-0.3, -0.25) is 4.79 Å². The Morgan fingerprint density at radius 3 is 2.50 bits per heavy atom. The van der Waals surface area contributed by atoms with Crippen molar-refractivity contribution >= 4 is 18.3 Å². The lowest BCUT2D eigenvalue weighted by Gasteiger charge is -2.21. The first-order valence-corrected chi connectivity index (χ1v) is 8.29. The molecule has 1 atom stereocenters. The van der Waals surface area contributed by atoms with E-state index in [0.29, 0.717) is 6.54 Å². The van der Waals surface area contributed by atoms with E-state index in [0.717, 1.165) is 24.2 Å². The molecule has 4 heteroatoms. The van der Waals surface area contributed by atoms with Crippen molar-refractivity contribution in [1.82, 2.24) is 10.6 Å². The van der Waals surface area contributed by atoms with Gasteiger partial charge in [0.2, 0.25) is 5.91 Å². The molecule has 0 aliphatic carbocycles. The smallest absolute Gasteiger partial charge is 0.228 e. The molecule has 3 nitrogen and oxygen atoms in total. The molecule has 0 spiro atoms. The summed E-state index contributed by atoms with van der Waals surface area (Å²) in [6, 6.07) is 16.5.